The summed E-state index contributed by atoms with van der Waals surface area (Å²) in [5.41, 5.74) is 1.73. The molecule has 0 saturated heterocycles. The second-order valence-electron chi connectivity index (χ2n) is 5.94. The number of amides is 1. The maximum atomic E-state index is 11.5. The summed E-state index contributed by atoms with van der Waals surface area (Å²) in [6, 6.07) is 1.88. The number of carbonyl (C=O) groups is 1. The van der Waals surface area contributed by atoms with Gasteiger partial charge in [0.05, 0.1) is 0 Å². The highest BCUT2D eigenvalue weighted by Crippen LogP contribution is 2.20. The molecule has 1 amide bonds. The first-order chi connectivity index (χ1) is 9.10. The van der Waals surface area contributed by atoms with Crippen LogP contribution in [0.3, 0.4) is 0 Å². The lowest BCUT2D eigenvalue weighted by Crippen LogP contribution is -2.39. The largest absolute Gasteiger partial charge is 0.444 e. The van der Waals surface area contributed by atoms with Crippen LogP contribution >= 0.6 is 0 Å². The first kappa shape index (κ1) is 16.5. The third-order valence-electron chi connectivity index (χ3n) is 2.70. The molecule has 1 aromatic heterocycles. The average Bonchev–Trinajstić information content (AvgIpc) is 2.62. The van der Waals surface area contributed by atoms with Gasteiger partial charge in [-0.15, -0.1) is 0 Å². The van der Waals surface area contributed by atoms with Gasteiger partial charge in [0.25, 0.3) is 0 Å². The minimum absolute atomic E-state index is 0.0897. The molecular formula is C14H24N2O4. The van der Waals surface area contributed by atoms with E-state index in [2.05, 4.69) is 10.3 Å². The summed E-state index contributed by atoms with van der Waals surface area (Å²) in [4.78, 5) is 14.5. The Kier molecular flexibility index (Phi) is 5.19. The van der Waals surface area contributed by atoms with E-state index in [1.165, 1.54) is 0 Å². The van der Waals surface area contributed by atoms with Gasteiger partial charge in [0, 0.05) is 17.9 Å². The molecule has 4 N–H and O–H groups in total. The minimum Gasteiger partial charge on any atom is -0.444 e. The topological polar surface area (TPSA) is 94.6 Å². The van der Waals surface area contributed by atoms with Crippen molar-refractivity contribution in [1.29, 1.82) is 0 Å². The molecule has 1 heterocycles. The molecule has 0 aromatic carbocycles. The van der Waals surface area contributed by atoms with Crippen LogP contribution in [0.15, 0.2) is 6.07 Å². The summed E-state index contributed by atoms with van der Waals surface area (Å²) in [7, 11) is 0. The van der Waals surface area contributed by atoms with E-state index in [1.807, 2.05) is 19.9 Å². The van der Waals surface area contributed by atoms with Crippen molar-refractivity contribution in [1.82, 2.24) is 10.3 Å². The molecule has 6 nitrogen and oxygen atoms in total. The van der Waals surface area contributed by atoms with Crippen LogP contribution in [-0.4, -0.2) is 39.5 Å². The summed E-state index contributed by atoms with van der Waals surface area (Å²) >= 11 is 0. The standard InChI is InChI=1S/C14H24N2O4/c1-8-6-9(2)16-11(8)12(18)10(17)7-15-13(19)20-14(3,4)5/h6,10,12,16-18H,7H2,1-5H3,(H,15,19). The Morgan fingerprint density at radius 1 is 1.40 bits per heavy atom. The van der Waals surface area contributed by atoms with Crippen LogP contribution in [0.4, 0.5) is 4.79 Å². The third kappa shape index (κ3) is 4.86. The number of aryl methyl sites for hydroxylation is 2. The molecule has 1 rings (SSSR count). The molecular weight excluding hydrogens is 260 g/mol. The molecule has 114 valence electrons. The SMILES string of the molecule is Cc1cc(C)c(C(O)C(O)CNC(=O)OC(C)(C)C)[nH]1. The molecule has 0 fully saturated rings. The highest BCUT2D eigenvalue weighted by Gasteiger charge is 2.23. The number of carbonyl (C=O) groups excluding carboxylic acids is 1. The van der Waals surface area contributed by atoms with Gasteiger partial charge in [-0.25, -0.2) is 4.79 Å². The van der Waals surface area contributed by atoms with Crippen molar-refractivity contribution in [2.75, 3.05) is 6.54 Å². The van der Waals surface area contributed by atoms with Crippen molar-refractivity contribution in [3.63, 3.8) is 0 Å². The molecule has 0 aliphatic heterocycles. The van der Waals surface area contributed by atoms with Crippen molar-refractivity contribution >= 4 is 6.09 Å². The molecule has 0 aliphatic carbocycles. The molecule has 20 heavy (non-hydrogen) atoms. The quantitative estimate of drug-likeness (QED) is 0.674. The zero-order valence-corrected chi connectivity index (χ0v) is 12.7. The zero-order valence-electron chi connectivity index (χ0n) is 12.7. The lowest BCUT2D eigenvalue weighted by atomic mass is 10.1. The lowest BCUT2D eigenvalue weighted by Gasteiger charge is -2.22. The Balaban J connectivity index is 2.52. The number of hydrogen-bond acceptors (Lipinski definition) is 4. The van der Waals surface area contributed by atoms with Crippen LogP contribution in [0.1, 0.15) is 43.8 Å². The third-order valence-corrected chi connectivity index (χ3v) is 2.70. The number of aliphatic hydroxyl groups excluding tert-OH is 2. The van der Waals surface area contributed by atoms with Gasteiger partial charge in [-0.2, -0.15) is 0 Å². The number of hydrogen-bond donors (Lipinski definition) is 4. The molecule has 0 radical (unpaired) electrons. The van der Waals surface area contributed by atoms with E-state index in [0.29, 0.717) is 5.69 Å². The minimum atomic E-state index is -1.11. The van der Waals surface area contributed by atoms with E-state index in [0.717, 1.165) is 11.3 Å². The molecule has 2 unspecified atom stereocenters. The predicted molar refractivity (Wildman–Crippen MR) is 75.5 cm³/mol. The van der Waals surface area contributed by atoms with Crippen LogP contribution in [0.25, 0.3) is 0 Å². The summed E-state index contributed by atoms with van der Waals surface area (Å²) in [6.45, 7) is 8.88. The van der Waals surface area contributed by atoms with Gasteiger partial charge in [0.2, 0.25) is 0 Å². The van der Waals surface area contributed by atoms with Gasteiger partial charge in [-0.05, 0) is 46.2 Å². The van der Waals surface area contributed by atoms with Crippen molar-refractivity contribution < 1.29 is 19.7 Å². The van der Waals surface area contributed by atoms with Gasteiger partial charge in [0.1, 0.15) is 17.8 Å². The van der Waals surface area contributed by atoms with Crippen LogP contribution in [0, 0.1) is 13.8 Å². The monoisotopic (exact) mass is 284 g/mol. The fourth-order valence-electron chi connectivity index (χ4n) is 1.86. The van der Waals surface area contributed by atoms with Crippen LogP contribution in [-0.2, 0) is 4.74 Å². The van der Waals surface area contributed by atoms with Crippen LogP contribution in [0.5, 0.6) is 0 Å². The number of aliphatic hydroxyl groups is 2. The van der Waals surface area contributed by atoms with Crippen LogP contribution < -0.4 is 5.32 Å². The predicted octanol–water partition coefficient (Wildman–Crippen LogP) is 1.55. The van der Waals surface area contributed by atoms with E-state index in [9.17, 15) is 15.0 Å². The molecule has 0 spiro atoms. The first-order valence-electron chi connectivity index (χ1n) is 6.59. The zero-order chi connectivity index (χ0) is 15.5. The number of rotatable bonds is 4. The summed E-state index contributed by atoms with van der Waals surface area (Å²) in [6.07, 6.45) is -2.82. The number of alkyl carbamates (subject to hydrolysis) is 1. The van der Waals surface area contributed by atoms with Gasteiger partial charge < -0.3 is 25.3 Å². The number of ether oxygens (including phenoxy) is 1. The van der Waals surface area contributed by atoms with Crippen molar-refractivity contribution in [3.05, 3.63) is 23.0 Å². The number of nitrogens with one attached hydrogen (secondary N) is 2. The lowest BCUT2D eigenvalue weighted by molar-refractivity contribution is 0.0108. The second kappa shape index (κ2) is 6.28. The van der Waals surface area contributed by atoms with Crippen molar-refractivity contribution in [3.8, 4) is 0 Å². The first-order valence-corrected chi connectivity index (χ1v) is 6.59. The van der Waals surface area contributed by atoms with Gasteiger partial charge in [0.15, 0.2) is 0 Å². The van der Waals surface area contributed by atoms with Crippen molar-refractivity contribution in [2.45, 2.75) is 52.4 Å². The molecule has 0 saturated carbocycles. The average molecular weight is 284 g/mol. The highest BCUT2D eigenvalue weighted by molar-refractivity contribution is 5.67. The Morgan fingerprint density at radius 2 is 2.00 bits per heavy atom. The maximum absolute atomic E-state index is 11.5. The number of aromatic nitrogens is 1. The van der Waals surface area contributed by atoms with E-state index in [1.54, 1.807) is 20.8 Å². The van der Waals surface area contributed by atoms with E-state index >= 15 is 0 Å². The summed E-state index contributed by atoms with van der Waals surface area (Å²) in [5.74, 6) is 0. The second-order valence-corrected chi connectivity index (χ2v) is 5.94. The maximum Gasteiger partial charge on any atom is 0.407 e. The Bertz CT molecular complexity index is 462. The molecule has 0 aliphatic rings. The molecule has 6 heteroatoms. The van der Waals surface area contributed by atoms with Crippen LogP contribution in [0.2, 0.25) is 0 Å². The van der Waals surface area contributed by atoms with E-state index < -0.39 is 23.9 Å². The summed E-state index contributed by atoms with van der Waals surface area (Å²) in [5, 5.41) is 22.4. The normalized spacial score (nSPS) is 14.8. The van der Waals surface area contributed by atoms with E-state index in [4.69, 9.17) is 4.74 Å². The van der Waals surface area contributed by atoms with Crippen molar-refractivity contribution in [2.24, 2.45) is 0 Å². The van der Waals surface area contributed by atoms with Gasteiger partial charge in [-0.1, -0.05) is 0 Å². The van der Waals surface area contributed by atoms with Gasteiger partial charge in [-0.3, -0.25) is 0 Å². The smallest absolute Gasteiger partial charge is 0.407 e. The Hall–Kier alpha value is -1.53. The Labute approximate surface area is 119 Å². The number of aromatic amines is 1. The fraction of sp³-hybridized carbons (Fsp3) is 0.643. The van der Waals surface area contributed by atoms with E-state index in [-0.39, 0.29) is 6.54 Å². The molecule has 0 bridgehead atoms. The fourth-order valence-corrected chi connectivity index (χ4v) is 1.86. The Morgan fingerprint density at radius 3 is 2.45 bits per heavy atom. The summed E-state index contributed by atoms with van der Waals surface area (Å²) < 4.78 is 5.05. The van der Waals surface area contributed by atoms with Gasteiger partial charge >= 0.3 is 6.09 Å². The highest BCUT2D eigenvalue weighted by atomic mass is 16.6. The molecule has 2 atom stereocenters. The number of H-pyrrole nitrogens is 1. The molecule has 1 aromatic rings.